The van der Waals surface area contributed by atoms with E-state index in [0.717, 1.165) is 30.8 Å². The fraction of sp³-hybridized carbons (Fsp3) is 0. The van der Waals surface area contributed by atoms with Crippen LogP contribution >= 0.6 is 56.7 Å². The highest BCUT2D eigenvalue weighted by Crippen LogP contribution is 2.55. The van der Waals surface area contributed by atoms with Crippen LogP contribution in [0, 0.1) is 20.2 Å². The predicted molar refractivity (Wildman–Crippen MR) is 131 cm³/mol. The highest BCUT2D eigenvalue weighted by atomic mass is 32.1. The van der Waals surface area contributed by atoms with Crippen LogP contribution in [0.5, 0.6) is 0 Å². The fourth-order valence-electron chi connectivity index (χ4n) is 3.11. The fourth-order valence-corrected chi connectivity index (χ4v) is 8.25. The van der Waals surface area contributed by atoms with E-state index in [9.17, 15) is 20.2 Å². The Kier molecular flexibility index (Phi) is 5.28. The van der Waals surface area contributed by atoms with E-state index in [1.807, 2.05) is 47.2 Å². The molecule has 0 aromatic carbocycles. The second-order valence-corrected chi connectivity index (χ2v) is 11.3. The lowest BCUT2D eigenvalue weighted by Crippen LogP contribution is -1.95. The minimum atomic E-state index is -0.633. The summed E-state index contributed by atoms with van der Waals surface area (Å²) in [6, 6.07) is 15.3. The Morgan fingerprint density at radius 3 is 1.32 bits per heavy atom. The van der Waals surface area contributed by atoms with Crippen LogP contribution in [0.2, 0.25) is 0 Å². The van der Waals surface area contributed by atoms with Gasteiger partial charge in [-0.2, -0.15) is 0 Å². The number of hydrogen-bond acceptors (Lipinski definition) is 9. The quantitative estimate of drug-likeness (QED) is 0.172. The van der Waals surface area contributed by atoms with Gasteiger partial charge in [-0.1, -0.05) is 12.1 Å². The normalized spacial score (nSPS) is 11.1. The van der Waals surface area contributed by atoms with E-state index >= 15 is 0 Å². The Hall–Kier alpha value is -2.70. The van der Waals surface area contributed by atoms with Gasteiger partial charge < -0.3 is 0 Å². The number of hydrogen-bond donors (Lipinski definition) is 0. The number of nitro groups is 2. The average molecular weight is 503 g/mol. The molecule has 5 heterocycles. The van der Waals surface area contributed by atoms with Gasteiger partial charge in [0, 0.05) is 19.5 Å². The highest BCUT2D eigenvalue weighted by molar-refractivity contribution is 7.30. The van der Waals surface area contributed by atoms with Crippen molar-refractivity contribution in [1.82, 2.24) is 0 Å². The van der Waals surface area contributed by atoms with E-state index in [1.54, 1.807) is 34.8 Å². The van der Waals surface area contributed by atoms with Gasteiger partial charge in [0.05, 0.1) is 19.6 Å². The van der Waals surface area contributed by atoms with Crippen molar-refractivity contribution in [2.24, 2.45) is 0 Å². The molecule has 0 aliphatic heterocycles. The summed E-state index contributed by atoms with van der Waals surface area (Å²) in [5.74, 6) is 0. The molecular weight excluding hydrogens is 493 g/mol. The third kappa shape index (κ3) is 3.64. The summed E-state index contributed by atoms with van der Waals surface area (Å²) in [4.78, 5) is 28.6. The first-order chi connectivity index (χ1) is 15.0. The molecule has 5 aromatic heterocycles. The molecule has 5 rings (SSSR count). The van der Waals surface area contributed by atoms with Gasteiger partial charge in [-0.15, -0.1) is 56.7 Å². The molecule has 0 radical (unpaired) electrons. The zero-order valence-corrected chi connectivity index (χ0v) is 19.4. The van der Waals surface area contributed by atoms with E-state index in [-0.39, 0.29) is 0 Å². The van der Waals surface area contributed by atoms with Gasteiger partial charge in [-0.05, 0) is 47.2 Å². The molecule has 0 spiro atoms. The molecule has 0 amide bonds. The summed E-state index contributed by atoms with van der Waals surface area (Å²) in [6.45, 7) is 0. The lowest BCUT2D eigenvalue weighted by atomic mass is 10.2. The summed E-state index contributed by atoms with van der Waals surface area (Å²) < 4.78 is 0. The molecule has 31 heavy (non-hydrogen) atoms. The number of rotatable bonds is 6. The molecular formula is C20H10N2O4S5. The van der Waals surface area contributed by atoms with Gasteiger partial charge in [0.25, 0.3) is 0 Å². The smallest absolute Gasteiger partial charge is 0.258 e. The maximum Gasteiger partial charge on any atom is 0.366 e. The molecule has 0 aliphatic rings. The van der Waals surface area contributed by atoms with Crippen LogP contribution < -0.4 is 0 Å². The molecule has 0 bridgehead atoms. The molecule has 0 fully saturated rings. The molecule has 0 saturated carbocycles. The summed E-state index contributed by atoms with van der Waals surface area (Å²) in [6.07, 6.45) is 0. The topological polar surface area (TPSA) is 86.3 Å². The van der Waals surface area contributed by atoms with Gasteiger partial charge in [0.2, 0.25) is 0 Å². The molecule has 11 heteroatoms. The maximum absolute atomic E-state index is 11.9. The van der Waals surface area contributed by atoms with Gasteiger partial charge >= 0.3 is 11.4 Å². The standard InChI is InChI=1S/C20H10N2O4S5/c23-21(24)17-18(22(25)26)20(16-8-6-14(30-16)12-4-2-10-28-12)31-19(17)15-7-5-13(29-15)11-3-1-9-27-11/h1-10H. The van der Waals surface area contributed by atoms with Crippen LogP contribution in [0.3, 0.4) is 0 Å². The van der Waals surface area contributed by atoms with Gasteiger partial charge in [-0.25, -0.2) is 0 Å². The number of nitrogens with zero attached hydrogens (tertiary/aromatic N) is 2. The molecule has 5 aromatic rings. The van der Waals surface area contributed by atoms with Crippen molar-refractivity contribution in [2.45, 2.75) is 0 Å². The molecule has 6 nitrogen and oxygen atoms in total. The minimum Gasteiger partial charge on any atom is -0.258 e. The predicted octanol–water partition coefficient (Wildman–Crippen LogP) is 8.48. The van der Waals surface area contributed by atoms with Crippen LogP contribution in [0.4, 0.5) is 11.4 Å². The van der Waals surface area contributed by atoms with Gasteiger partial charge in [0.1, 0.15) is 9.75 Å². The highest BCUT2D eigenvalue weighted by Gasteiger charge is 2.38. The first kappa shape index (κ1) is 20.2. The van der Waals surface area contributed by atoms with E-state index in [1.165, 1.54) is 22.7 Å². The average Bonchev–Trinajstić information content (AvgIpc) is 3.56. The molecule has 154 valence electrons. The lowest BCUT2D eigenvalue weighted by molar-refractivity contribution is -0.420. The van der Waals surface area contributed by atoms with Crippen LogP contribution in [0.1, 0.15) is 0 Å². The van der Waals surface area contributed by atoms with Crippen LogP contribution in [0.25, 0.3) is 39.0 Å². The molecule has 0 N–H and O–H groups in total. The minimum absolute atomic E-state index is 0.325. The largest absolute Gasteiger partial charge is 0.366 e. The summed E-state index contributed by atoms with van der Waals surface area (Å²) in [5, 5.41) is 27.8. The molecule has 0 aliphatic carbocycles. The maximum atomic E-state index is 11.9. The SMILES string of the molecule is O=[N+]([O-])c1c(-c2ccc(-c3cccs3)s2)sc(-c2ccc(-c3cccs3)s2)c1[N+](=O)[O-]. The first-order valence-corrected chi connectivity index (χ1v) is 13.0. The Balaban J connectivity index is 1.67. The summed E-state index contributed by atoms with van der Waals surface area (Å²) in [5.41, 5.74) is -0.869. The van der Waals surface area contributed by atoms with Crippen molar-refractivity contribution < 1.29 is 9.85 Å². The Labute approximate surface area is 195 Å². The van der Waals surface area contributed by atoms with Crippen molar-refractivity contribution in [3.8, 4) is 39.0 Å². The van der Waals surface area contributed by atoms with Gasteiger partial charge in [-0.3, -0.25) is 20.2 Å². The zero-order chi connectivity index (χ0) is 21.5. The Morgan fingerprint density at radius 1 is 0.548 bits per heavy atom. The van der Waals surface area contributed by atoms with Crippen molar-refractivity contribution in [2.75, 3.05) is 0 Å². The van der Waals surface area contributed by atoms with E-state index in [0.29, 0.717) is 19.5 Å². The number of thiophene rings is 5. The second-order valence-electron chi connectivity index (χ2n) is 6.25. The van der Waals surface area contributed by atoms with Crippen molar-refractivity contribution in [3.05, 3.63) is 79.5 Å². The molecule has 0 atom stereocenters. The third-order valence-corrected chi connectivity index (χ3v) is 10.2. The van der Waals surface area contributed by atoms with Crippen molar-refractivity contribution in [3.63, 3.8) is 0 Å². The lowest BCUT2D eigenvalue weighted by Gasteiger charge is -1.93. The van der Waals surface area contributed by atoms with Crippen LogP contribution in [0.15, 0.2) is 59.3 Å². The van der Waals surface area contributed by atoms with Crippen molar-refractivity contribution >= 4 is 68.1 Å². The second kappa shape index (κ2) is 8.09. The van der Waals surface area contributed by atoms with Crippen LogP contribution in [-0.2, 0) is 0 Å². The first-order valence-electron chi connectivity index (χ1n) is 8.76. The van der Waals surface area contributed by atoms with E-state index in [4.69, 9.17) is 0 Å². The monoisotopic (exact) mass is 502 g/mol. The van der Waals surface area contributed by atoms with E-state index < -0.39 is 21.2 Å². The Bertz CT molecular complexity index is 1290. The Morgan fingerprint density at radius 2 is 0.968 bits per heavy atom. The summed E-state index contributed by atoms with van der Waals surface area (Å²) in [7, 11) is 0. The summed E-state index contributed by atoms with van der Waals surface area (Å²) >= 11 is 7.09. The van der Waals surface area contributed by atoms with E-state index in [2.05, 4.69) is 0 Å². The third-order valence-electron chi connectivity index (χ3n) is 4.41. The van der Waals surface area contributed by atoms with Gasteiger partial charge in [0.15, 0.2) is 0 Å². The molecule has 0 saturated heterocycles. The van der Waals surface area contributed by atoms with Crippen LogP contribution in [-0.4, -0.2) is 9.85 Å². The van der Waals surface area contributed by atoms with Crippen molar-refractivity contribution in [1.29, 1.82) is 0 Å². The molecule has 0 unspecified atom stereocenters. The zero-order valence-electron chi connectivity index (χ0n) is 15.3.